The Hall–Kier alpha value is -0.720. The minimum Gasteiger partial charge on any atom is -0.349 e. The van der Waals surface area contributed by atoms with Crippen LogP contribution < -0.4 is 0 Å². The molecule has 0 atom stereocenters. The van der Waals surface area contributed by atoms with Crippen molar-refractivity contribution >= 4 is 0 Å². The van der Waals surface area contributed by atoms with E-state index in [1.54, 1.807) is 11.3 Å². The van der Waals surface area contributed by atoms with Crippen molar-refractivity contribution in [2.45, 2.75) is 45.6 Å². The Labute approximate surface area is 74.4 Å². The fourth-order valence-corrected chi connectivity index (χ4v) is 2.13. The van der Waals surface area contributed by atoms with Crippen molar-refractivity contribution in [1.29, 1.82) is 0 Å². The lowest BCUT2D eigenvalue weighted by Gasteiger charge is -2.17. The Morgan fingerprint density at radius 2 is 2.00 bits per heavy atom. The summed E-state index contributed by atoms with van der Waals surface area (Å²) < 4.78 is 2.43. The summed E-state index contributed by atoms with van der Waals surface area (Å²) in [6, 6.07) is 2.93. The molecule has 1 nitrogen and oxygen atoms in total. The van der Waals surface area contributed by atoms with E-state index in [0.717, 1.165) is 0 Å². The van der Waals surface area contributed by atoms with Crippen molar-refractivity contribution in [2.75, 3.05) is 0 Å². The topological polar surface area (TPSA) is 4.93 Å². The van der Waals surface area contributed by atoms with Crippen LogP contribution in [0.25, 0.3) is 0 Å². The van der Waals surface area contributed by atoms with E-state index in [0.29, 0.717) is 6.04 Å². The Bertz CT molecular complexity index is 271. The smallest absolute Gasteiger partial charge is 0.0276 e. The summed E-state index contributed by atoms with van der Waals surface area (Å²) in [5.41, 5.74) is 3.19. The molecule has 0 unspecified atom stereocenters. The lowest BCUT2D eigenvalue weighted by Crippen LogP contribution is -2.09. The van der Waals surface area contributed by atoms with Crippen molar-refractivity contribution in [3.63, 3.8) is 0 Å². The second-order valence-electron chi connectivity index (χ2n) is 4.00. The predicted molar refractivity (Wildman–Crippen MR) is 51.5 cm³/mol. The highest BCUT2D eigenvalue weighted by atomic mass is 15.0. The van der Waals surface area contributed by atoms with E-state index in [1.165, 1.54) is 25.7 Å². The first-order valence-corrected chi connectivity index (χ1v) is 4.97. The predicted octanol–water partition coefficient (Wildman–Crippen LogP) is 2.95. The van der Waals surface area contributed by atoms with Crippen molar-refractivity contribution in [3.8, 4) is 0 Å². The molecule has 0 bridgehead atoms. The van der Waals surface area contributed by atoms with Crippen LogP contribution in [0.3, 0.4) is 0 Å². The molecule has 0 amide bonds. The van der Waals surface area contributed by atoms with Gasteiger partial charge in [0.05, 0.1) is 0 Å². The zero-order valence-electron chi connectivity index (χ0n) is 8.01. The van der Waals surface area contributed by atoms with Gasteiger partial charge in [0.25, 0.3) is 0 Å². The van der Waals surface area contributed by atoms with Crippen LogP contribution in [-0.4, -0.2) is 4.57 Å². The molecule has 66 valence electrons. The van der Waals surface area contributed by atoms with E-state index < -0.39 is 0 Å². The summed E-state index contributed by atoms with van der Waals surface area (Å²) >= 11 is 0. The molecule has 1 heterocycles. The molecular formula is C11H17N. The van der Waals surface area contributed by atoms with Gasteiger partial charge < -0.3 is 4.57 Å². The highest BCUT2D eigenvalue weighted by molar-refractivity contribution is 5.25. The molecule has 0 aliphatic heterocycles. The second-order valence-corrected chi connectivity index (χ2v) is 4.00. The van der Waals surface area contributed by atoms with E-state index in [4.69, 9.17) is 0 Å². The molecule has 1 heteroatoms. The molecule has 1 aromatic heterocycles. The van der Waals surface area contributed by atoms with E-state index in [-0.39, 0.29) is 0 Å². The first-order valence-electron chi connectivity index (χ1n) is 4.97. The van der Waals surface area contributed by atoms with Crippen molar-refractivity contribution in [1.82, 2.24) is 4.57 Å². The summed E-state index contributed by atoms with van der Waals surface area (Å²) in [7, 11) is 0. The van der Waals surface area contributed by atoms with E-state index in [9.17, 15) is 0 Å². The normalized spacial score (nSPS) is 16.6. The summed E-state index contributed by atoms with van der Waals surface area (Å²) in [6.07, 6.45) is 7.61. The molecule has 0 spiro atoms. The molecular weight excluding hydrogens is 146 g/mol. The van der Waals surface area contributed by atoms with E-state index in [1.807, 2.05) is 0 Å². The Morgan fingerprint density at radius 3 is 2.75 bits per heavy atom. The van der Waals surface area contributed by atoms with Crippen LogP contribution in [0, 0.1) is 0 Å². The third kappa shape index (κ3) is 1.17. The van der Waals surface area contributed by atoms with Gasteiger partial charge in [-0.25, -0.2) is 0 Å². The van der Waals surface area contributed by atoms with Gasteiger partial charge in [-0.1, -0.05) is 0 Å². The van der Waals surface area contributed by atoms with Gasteiger partial charge in [0.1, 0.15) is 0 Å². The van der Waals surface area contributed by atoms with Gasteiger partial charge >= 0.3 is 0 Å². The van der Waals surface area contributed by atoms with Gasteiger partial charge in [-0.3, -0.25) is 0 Å². The Morgan fingerprint density at radius 1 is 1.25 bits per heavy atom. The minimum absolute atomic E-state index is 0.631. The Balaban J connectivity index is 2.38. The summed E-state index contributed by atoms with van der Waals surface area (Å²) in [4.78, 5) is 0. The number of nitrogens with zero attached hydrogens (tertiary/aromatic N) is 1. The van der Waals surface area contributed by atoms with Gasteiger partial charge in [0.15, 0.2) is 0 Å². The molecule has 1 aliphatic rings. The quantitative estimate of drug-likeness (QED) is 0.600. The minimum atomic E-state index is 0.631. The van der Waals surface area contributed by atoms with Crippen LogP contribution in [-0.2, 0) is 12.8 Å². The third-order valence-electron chi connectivity index (χ3n) is 2.78. The van der Waals surface area contributed by atoms with E-state index >= 15 is 0 Å². The fraction of sp³-hybridized carbons (Fsp3) is 0.636. The number of rotatable bonds is 1. The van der Waals surface area contributed by atoms with Crippen LogP contribution in [0.5, 0.6) is 0 Å². The van der Waals surface area contributed by atoms with Crippen LogP contribution in [0.15, 0.2) is 12.3 Å². The van der Waals surface area contributed by atoms with Crippen molar-refractivity contribution < 1.29 is 0 Å². The molecule has 0 aromatic carbocycles. The average Bonchev–Trinajstić information content (AvgIpc) is 2.47. The molecule has 0 radical (unpaired) electrons. The highest BCUT2D eigenvalue weighted by Crippen LogP contribution is 2.24. The largest absolute Gasteiger partial charge is 0.349 e. The molecule has 1 aromatic rings. The van der Waals surface area contributed by atoms with Gasteiger partial charge in [0.2, 0.25) is 0 Å². The van der Waals surface area contributed by atoms with E-state index in [2.05, 4.69) is 30.7 Å². The summed E-state index contributed by atoms with van der Waals surface area (Å²) in [6.45, 7) is 4.52. The third-order valence-corrected chi connectivity index (χ3v) is 2.78. The standard InChI is InChI=1S/C11H17N/c1-9(2)12-8-7-10-5-3-4-6-11(10)12/h7-9H,3-6H2,1-2H3. The maximum absolute atomic E-state index is 2.43. The molecule has 0 saturated carbocycles. The Kier molecular flexibility index (Phi) is 1.95. The maximum Gasteiger partial charge on any atom is 0.0276 e. The lowest BCUT2D eigenvalue weighted by atomic mass is 9.98. The van der Waals surface area contributed by atoms with Gasteiger partial charge in [-0.2, -0.15) is 0 Å². The van der Waals surface area contributed by atoms with Crippen LogP contribution in [0.4, 0.5) is 0 Å². The number of aryl methyl sites for hydroxylation is 1. The van der Waals surface area contributed by atoms with Gasteiger partial charge in [0, 0.05) is 17.9 Å². The summed E-state index contributed by atoms with van der Waals surface area (Å²) in [5.74, 6) is 0. The first kappa shape index (κ1) is 7.90. The van der Waals surface area contributed by atoms with Crippen LogP contribution >= 0.6 is 0 Å². The molecule has 0 fully saturated rings. The number of aromatic nitrogens is 1. The monoisotopic (exact) mass is 163 g/mol. The van der Waals surface area contributed by atoms with Crippen molar-refractivity contribution in [3.05, 3.63) is 23.5 Å². The fourth-order valence-electron chi connectivity index (χ4n) is 2.13. The summed E-state index contributed by atoms with van der Waals surface area (Å²) in [5, 5.41) is 0. The molecule has 0 N–H and O–H groups in total. The molecule has 12 heavy (non-hydrogen) atoms. The zero-order chi connectivity index (χ0) is 8.55. The van der Waals surface area contributed by atoms with Crippen LogP contribution in [0.2, 0.25) is 0 Å². The molecule has 2 rings (SSSR count). The second kappa shape index (κ2) is 2.96. The highest BCUT2D eigenvalue weighted by Gasteiger charge is 2.14. The van der Waals surface area contributed by atoms with Gasteiger partial charge in [-0.05, 0) is 51.2 Å². The lowest BCUT2D eigenvalue weighted by molar-refractivity contribution is 0.548. The van der Waals surface area contributed by atoms with Crippen molar-refractivity contribution in [2.24, 2.45) is 0 Å². The first-order chi connectivity index (χ1) is 5.79. The number of hydrogen-bond acceptors (Lipinski definition) is 0. The molecule has 0 saturated heterocycles. The average molecular weight is 163 g/mol. The molecule has 1 aliphatic carbocycles. The van der Waals surface area contributed by atoms with Crippen LogP contribution in [0.1, 0.15) is 44.0 Å². The van der Waals surface area contributed by atoms with Gasteiger partial charge in [-0.15, -0.1) is 0 Å². The number of hydrogen-bond donors (Lipinski definition) is 0. The number of fused-ring (bicyclic) bond motifs is 1. The zero-order valence-corrected chi connectivity index (χ0v) is 8.01. The SMILES string of the molecule is CC(C)n1ccc2c1CCCC2. The maximum atomic E-state index is 2.43.